The summed E-state index contributed by atoms with van der Waals surface area (Å²) in [6.45, 7) is 0.934. The average Bonchev–Trinajstić information content (AvgIpc) is 2.73. The van der Waals surface area contributed by atoms with E-state index in [-0.39, 0.29) is 5.91 Å². The maximum atomic E-state index is 12.6. The summed E-state index contributed by atoms with van der Waals surface area (Å²) in [4.78, 5) is 19.2. The van der Waals surface area contributed by atoms with Crippen LogP contribution in [0.3, 0.4) is 0 Å². The molecule has 1 aliphatic rings. The van der Waals surface area contributed by atoms with Crippen molar-refractivity contribution in [3.05, 3.63) is 77.1 Å². The largest absolute Gasteiger partial charge is 0.495 e. The van der Waals surface area contributed by atoms with Crippen molar-refractivity contribution in [3.8, 4) is 5.75 Å². The van der Waals surface area contributed by atoms with Gasteiger partial charge < -0.3 is 15.0 Å². The van der Waals surface area contributed by atoms with E-state index in [1.165, 1.54) is 11.3 Å². The predicted octanol–water partition coefficient (Wildman–Crippen LogP) is 5.08. The normalized spacial score (nSPS) is 13.0. The van der Waals surface area contributed by atoms with Gasteiger partial charge in [0.25, 0.3) is 5.91 Å². The highest BCUT2D eigenvalue weighted by Crippen LogP contribution is 2.33. The van der Waals surface area contributed by atoms with Gasteiger partial charge in [0.05, 0.1) is 24.7 Å². The van der Waals surface area contributed by atoms with E-state index in [0.29, 0.717) is 22.2 Å². The number of benzene rings is 2. The number of hydrogen-bond donors (Lipinski definition) is 1. The van der Waals surface area contributed by atoms with E-state index in [0.717, 1.165) is 25.1 Å². The van der Waals surface area contributed by atoms with Crippen LogP contribution in [0.2, 0.25) is 5.02 Å². The van der Waals surface area contributed by atoms with E-state index in [9.17, 15) is 4.79 Å². The minimum absolute atomic E-state index is 0.314. The maximum Gasteiger partial charge on any atom is 0.274 e. The van der Waals surface area contributed by atoms with Crippen LogP contribution in [0.25, 0.3) is 0 Å². The number of carbonyl (C=O) groups excluding carboxylic acids is 1. The fourth-order valence-electron chi connectivity index (χ4n) is 3.45. The summed E-state index contributed by atoms with van der Waals surface area (Å²) in [7, 11) is 1.54. The standard InChI is InChI=1S/C22H20ClN3O2/c1-28-21-11-8-16(23)13-19(21)25-22(27)18-10-9-17(14-24-18)26-12-4-6-15-5-2-3-7-20(15)26/h2-3,5,7-11,13-14H,4,6,12H2,1H3,(H,25,27). The topological polar surface area (TPSA) is 54.5 Å². The van der Waals surface area contributed by atoms with Crippen molar-refractivity contribution >= 4 is 34.6 Å². The molecule has 0 fully saturated rings. The average molecular weight is 394 g/mol. The number of amides is 1. The van der Waals surface area contributed by atoms with E-state index in [1.807, 2.05) is 12.1 Å². The Morgan fingerprint density at radius 3 is 2.82 bits per heavy atom. The number of rotatable bonds is 4. The molecule has 6 heteroatoms. The smallest absolute Gasteiger partial charge is 0.274 e. The van der Waals surface area contributed by atoms with Gasteiger partial charge in [-0.1, -0.05) is 29.8 Å². The number of aromatic nitrogens is 1. The van der Waals surface area contributed by atoms with E-state index >= 15 is 0 Å². The zero-order valence-corrected chi connectivity index (χ0v) is 16.2. The molecule has 4 rings (SSSR count). The summed E-state index contributed by atoms with van der Waals surface area (Å²) in [5, 5.41) is 3.33. The van der Waals surface area contributed by atoms with Crippen molar-refractivity contribution in [1.29, 1.82) is 0 Å². The van der Waals surface area contributed by atoms with Gasteiger partial charge in [-0.05, 0) is 54.8 Å². The van der Waals surface area contributed by atoms with Gasteiger partial charge in [0.1, 0.15) is 11.4 Å². The zero-order chi connectivity index (χ0) is 19.5. The fraction of sp³-hybridized carbons (Fsp3) is 0.182. The number of nitrogens with one attached hydrogen (secondary N) is 1. The summed E-state index contributed by atoms with van der Waals surface area (Å²) < 4.78 is 5.27. The SMILES string of the molecule is COc1ccc(Cl)cc1NC(=O)c1ccc(N2CCCc3ccccc32)cn1. The molecule has 0 spiro atoms. The van der Waals surface area contributed by atoms with Gasteiger partial charge in [-0.25, -0.2) is 4.98 Å². The van der Waals surface area contributed by atoms with Crippen LogP contribution in [-0.2, 0) is 6.42 Å². The van der Waals surface area contributed by atoms with Crippen LogP contribution in [0.4, 0.5) is 17.1 Å². The van der Waals surface area contributed by atoms with Gasteiger partial charge in [-0.3, -0.25) is 4.79 Å². The third-order valence-corrected chi connectivity index (χ3v) is 5.05. The molecule has 28 heavy (non-hydrogen) atoms. The van der Waals surface area contributed by atoms with Gasteiger partial charge in [0.2, 0.25) is 0 Å². The Morgan fingerprint density at radius 2 is 2.04 bits per heavy atom. The highest BCUT2D eigenvalue weighted by atomic mass is 35.5. The van der Waals surface area contributed by atoms with Crippen molar-refractivity contribution in [2.45, 2.75) is 12.8 Å². The van der Waals surface area contributed by atoms with E-state index in [1.54, 1.807) is 37.6 Å². The van der Waals surface area contributed by atoms with Gasteiger partial charge in [-0.15, -0.1) is 0 Å². The number of para-hydroxylation sites is 1. The van der Waals surface area contributed by atoms with Crippen LogP contribution in [0, 0.1) is 0 Å². The first-order valence-corrected chi connectivity index (χ1v) is 9.50. The molecule has 0 atom stereocenters. The number of fused-ring (bicyclic) bond motifs is 1. The van der Waals surface area contributed by atoms with Crippen molar-refractivity contribution < 1.29 is 9.53 Å². The minimum Gasteiger partial charge on any atom is -0.495 e. The Bertz CT molecular complexity index is 1000. The second-order valence-corrected chi connectivity index (χ2v) is 7.02. The zero-order valence-electron chi connectivity index (χ0n) is 15.5. The molecule has 0 radical (unpaired) electrons. The second-order valence-electron chi connectivity index (χ2n) is 6.58. The first kappa shape index (κ1) is 18.3. The third-order valence-electron chi connectivity index (χ3n) is 4.81. The maximum absolute atomic E-state index is 12.6. The Kier molecular flexibility index (Phi) is 5.17. The third kappa shape index (κ3) is 3.66. The number of halogens is 1. The Labute approximate surface area is 168 Å². The molecule has 0 unspecified atom stereocenters. The lowest BCUT2D eigenvalue weighted by atomic mass is 10.0. The summed E-state index contributed by atoms with van der Waals surface area (Å²) in [6.07, 6.45) is 3.92. The molecule has 2 heterocycles. The molecule has 0 bridgehead atoms. The van der Waals surface area contributed by atoms with Gasteiger partial charge >= 0.3 is 0 Å². The molecule has 2 aromatic carbocycles. The molecule has 0 aliphatic carbocycles. The monoisotopic (exact) mass is 393 g/mol. The Morgan fingerprint density at radius 1 is 1.18 bits per heavy atom. The van der Waals surface area contributed by atoms with Gasteiger partial charge in [0.15, 0.2) is 0 Å². The second kappa shape index (κ2) is 7.90. The first-order valence-electron chi connectivity index (χ1n) is 9.12. The number of pyridine rings is 1. The molecular weight excluding hydrogens is 374 g/mol. The predicted molar refractivity (Wildman–Crippen MR) is 112 cm³/mol. The van der Waals surface area contributed by atoms with Crippen LogP contribution in [0.1, 0.15) is 22.5 Å². The quantitative estimate of drug-likeness (QED) is 0.671. The van der Waals surface area contributed by atoms with Crippen LogP contribution in [0.5, 0.6) is 5.75 Å². The molecule has 5 nitrogen and oxygen atoms in total. The lowest BCUT2D eigenvalue weighted by Gasteiger charge is -2.31. The lowest BCUT2D eigenvalue weighted by Crippen LogP contribution is -2.24. The molecule has 0 saturated heterocycles. The fourth-order valence-corrected chi connectivity index (χ4v) is 3.62. The molecule has 1 amide bonds. The number of hydrogen-bond acceptors (Lipinski definition) is 4. The molecular formula is C22H20ClN3O2. The van der Waals surface area contributed by atoms with Gasteiger partial charge in [-0.2, -0.15) is 0 Å². The van der Waals surface area contributed by atoms with Crippen molar-refractivity contribution in [2.75, 3.05) is 23.9 Å². The van der Waals surface area contributed by atoms with Gasteiger partial charge in [0, 0.05) is 17.3 Å². The van der Waals surface area contributed by atoms with Crippen LogP contribution >= 0.6 is 11.6 Å². The highest BCUT2D eigenvalue weighted by Gasteiger charge is 2.19. The van der Waals surface area contributed by atoms with E-state index in [2.05, 4.69) is 33.4 Å². The summed E-state index contributed by atoms with van der Waals surface area (Å²) in [5.74, 6) is 0.227. The van der Waals surface area contributed by atoms with E-state index < -0.39 is 0 Å². The molecule has 1 N–H and O–H groups in total. The van der Waals surface area contributed by atoms with Crippen LogP contribution < -0.4 is 15.0 Å². The number of aryl methyl sites for hydroxylation is 1. The van der Waals surface area contributed by atoms with Crippen molar-refractivity contribution in [2.24, 2.45) is 0 Å². The number of methoxy groups -OCH3 is 1. The number of ether oxygens (including phenoxy) is 1. The molecule has 142 valence electrons. The molecule has 3 aromatic rings. The minimum atomic E-state index is -0.314. The Hall–Kier alpha value is -3.05. The molecule has 1 aliphatic heterocycles. The number of carbonyl (C=O) groups is 1. The van der Waals surface area contributed by atoms with Crippen molar-refractivity contribution in [3.63, 3.8) is 0 Å². The summed E-state index contributed by atoms with van der Waals surface area (Å²) >= 11 is 6.02. The van der Waals surface area contributed by atoms with Crippen LogP contribution in [-0.4, -0.2) is 24.5 Å². The van der Waals surface area contributed by atoms with E-state index in [4.69, 9.17) is 16.3 Å². The highest BCUT2D eigenvalue weighted by molar-refractivity contribution is 6.31. The summed E-state index contributed by atoms with van der Waals surface area (Å²) in [5.41, 5.74) is 4.36. The summed E-state index contributed by atoms with van der Waals surface area (Å²) in [6, 6.07) is 17.1. The molecule has 0 saturated carbocycles. The number of nitrogens with zero attached hydrogens (tertiary/aromatic N) is 2. The Balaban J connectivity index is 1.54. The first-order chi connectivity index (χ1) is 13.7. The van der Waals surface area contributed by atoms with Crippen LogP contribution in [0.15, 0.2) is 60.8 Å². The van der Waals surface area contributed by atoms with Crippen molar-refractivity contribution in [1.82, 2.24) is 4.98 Å². The number of anilines is 3. The molecule has 1 aromatic heterocycles. The lowest BCUT2D eigenvalue weighted by molar-refractivity contribution is 0.102.